The van der Waals surface area contributed by atoms with Crippen molar-refractivity contribution in [2.75, 3.05) is 19.3 Å². The lowest BCUT2D eigenvalue weighted by Crippen LogP contribution is -2.51. The quantitative estimate of drug-likeness (QED) is 0.373. The standard InChI is InChI=1S/C13H21N5O2S/c1-9-10(8-15-17(9)2)11(19)18-6-4-13(21-3,5-7-18)12(14)16-20/h8,20H,4-7H2,1-3H3,(H2,14,16). The molecule has 0 aromatic carbocycles. The molecule has 1 aliphatic rings. The van der Waals surface area contributed by atoms with Crippen LogP contribution in [0.5, 0.6) is 0 Å². The highest BCUT2D eigenvalue weighted by Gasteiger charge is 2.39. The number of carbonyl (C=O) groups excluding carboxylic acids is 1. The van der Waals surface area contributed by atoms with Crippen LogP contribution >= 0.6 is 11.8 Å². The van der Waals surface area contributed by atoms with Gasteiger partial charge in [-0.3, -0.25) is 9.48 Å². The van der Waals surface area contributed by atoms with Crippen LogP contribution < -0.4 is 5.73 Å². The Labute approximate surface area is 128 Å². The smallest absolute Gasteiger partial charge is 0.257 e. The summed E-state index contributed by atoms with van der Waals surface area (Å²) in [5, 5.41) is 16.2. The van der Waals surface area contributed by atoms with Crippen LogP contribution in [0.3, 0.4) is 0 Å². The molecule has 0 unspecified atom stereocenters. The highest BCUT2D eigenvalue weighted by molar-refractivity contribution is 8.00. The summed E-state index contributed by atoms with van der Waals surface area (Å²) in [5.41, 5.74) is 7.31. The van der Waals surface area contributed by atoms with Crippen LogP contribution in [0.1, 0.15) is 28.9 Å². The summed E-state index contributed by atoms with van der Waals surface area (Å²) >= 11 is 1.57. The van der Waals surface area contributed by atoms with Crippen molar-refractivity contribution in [3.63, 3.8) is 0 Å². The molecule has 0 atom stereocenters. The van der Waals surface area contributed by atoms with E-state index in [1.165, 1.54) is 0 Å². The lowest BCUT2D eigenvalue weighted by molar-refractivity contribution is 0.0717. The van der Waals surface area contributed by atoms with E-state index in [9.17, 15) is 4.79 Å². The molecule has 1 fully saturated rings. The number of amides is 1. The van der Waals surface area contributed by atoms with Gasteiger partial charge in [-0.1, -0.05) is 5.16 Å². The molecule has 1 aromatic rings. The number of piperidine rings is 1. The molecule has 0 bridgehead atoms. The molecule has 1 saturated heterocycles. The topological polar surface area (TPSA) is 96.7 Å². The Hall–Kier alpha value is -1.70. The van der Waals surface area contributed by atoms with Gasteiger partial charge in [0.1, 0.15) is 0 Å². The SMILES string of the molecule is CSC1(C(N)=NO)CCN(C(=O)c2cnn(C)c2C)CC1. The summed E-state index contributed by atoms with van der Waals surface area (Å²) in [4.78, 5) is 14.3. The molecule has 2 heterocycles. The molecule has 2 rings (SSSR count). The zero-order valence-electron chi connectivity index (χ0n) is 12.5. The van der Waals surface area contributed by atoms with Crippen LogP contribution in [0, 0.1) is 6.92 Å². The number of hydrogen-bond donors (Lipinski definition) is 2. The third kappa shape index (κ3) is 2.72. The Morgan fingerprint density at radius 2 is 2.14 bits per heavy atom. The maximum absolute atomic E-state index is 12.5. The van der Waals surface area contributed by atoms with E-state index in [4.69, 9.17) is 10.9 Å². The largest absolute Gasteiger partial charge is 0.409 e. The highest BCUT2D eigenvalue weighted by Crippen LogP contribution is 2.35. The summed E-state index contributed by atoms with van der Waals surface area (Å²) < 4.78 is 1.31. The minimum Gasteiger partial charge on any atom is -0.409 e. The van der Waals surface area contributed by atoms with Gasteiger partial charge in [0, 0.05) is 25.8 Å². The van der Waals surface area contributed by atoms with Gasteiger partial charge in [-0.25, -0.2) is 0 Å². The molecule has 0 radical (unpaired) electrons. The van der Waals surface area contributed by atoms with Crippen LogP contribution in [0.15, 0.2) is 11.4 Å². The number of hydrogen-bond acceptors (Lipinski definition) is 5. The molecule has 0 aliphatic carbocycles. The maximum atomic E-state index is 12.5. The lowest BCUT2D eigenvalue weighted by atomic mass is 9.94. The van der Waals surface area contributed by atoms with Crippen LogP contribution in [0.4, 0.5) is 0 Å². The minimum atomic E-state index is -0.379. The fourth-order valence-corrected chi connectivity index (χ4v) is 3.45. The van der Waals surface area contributed by atoms with Crippen molar-refractivity contribution >= 4 is 23.5 Å². The zero-order valence-corrected chi connectivity index (χ0v) is 13.4. The summed E-state index contributed by atoms with van der Waals surface area (Å²) in [5.74, 6) is 0.231. The third-order valence-electron chi connectivity index (χ3n) is 4.29. The van der Waals surface area contributed by atoms with Gasteiger partial charge in [-0.05, 0) is 26.0 Å². The van der Waals surface area contributed by atoms with Crippen molar-refractivity contribution in [3.05, 3.63) is 17.5 Å². The summed E-state index contributed by atoms with van der Waals surface area (Å²) in [6.45, 7) is 3.06. The van der Waals surface area contributed by atoms with Gasteiger partial charge in [-0.15, -0.1) is 0 Å². The number of nitrogens with two attached hydrogens (primary N) is 1. The number of rotatable bonds is 3. The minimum absolute atomic E-state index is 0.00480. The van der Waals surface area contributed by atoms with E-state index in [1.807, 2.05) is 25.1 Å². The zero-order chi connectivity index (χ0) is 15.6. The van der Waals surface area contributed by atoms with E-state index in [0.29, 0.717) is 31.5 Å². The van der Waals surface area contributed by atoms with Crippen molar-refractivity contribution in [3.8, 4) is 0 Å². The van der Waals surface area contributed by atoms with E-state index < -0.39 is 0 Å². The maximum Gasteiger partial charge on any atom is 0.257 e. The predicted octanol–water partition coefficient (Wildman–Crippen LogP) is 0.813. The van der Waals surface area contributed by atoms with Crippen molar-refractivity contribution in [2.24, 2.45) is 17.9 Å². The Morgan fingerprint density at radius 3 is 2.57 bits per heavy atom. The molecule has 8 heteroatoms. The van der Waals surface area contributed by atoms with Crippen molar-refractivity contribution in [1.82, 2.24) is 14.7 Å². The van der Waals surface area contributed by atoms with Crippen LogP contribution in [-0.2, 0) is 7.05 Å². The molecule has 1 aromatic heterocycles. The molecular weight excluding hydrogens is 290 g/mol. The van der Waals surface area contributed by atoms with Gasteiger partial charge in [0.05, 0.1) is 16.5 Å². The van der Waals surface area contributed by atoms with Gasteiger partial charge >= 0.3 is 0 Å². The molecular formula is C13H21N5O2S. The number of carbonyl (C=O) groups is 1. The molecule has 0 saturated carbocycles. The van der Waals surface area contributed by atoms with E-state index in [1.54, 1.807) is 22.6 Å². The number of oxime groups is 1. The third-order valence-corrected chi connectivity index (χ3v) is 5.69. The van der Waals surface area contributed by atoms with E-state index >= 15 is 0 Å². The van der Waals surface area contributed by atoms with Gasteiger partial charge in [0.15, 0.2) is 5.84 Å². The second-order valence-electron chi connectivity index (χ2n) is 5.24. The van der Waals surface area contributed by atoms with Gasteiger partial charge < -0.3 is 15.8 Å². The molecule has 1 amide bonds. The molecule has 21 heavy (non-hydrogen) atoms. The normalized spacial score (nSPS) is 18.8. The molecule has 7 nitrogen and oxygen atoms in total. The van der Waals surface area contributed by atoms with Crippen molar-refractivity contribution in [1.29, 1.82) is 0 Å². The number of aryl methyl sites for hydroxylation is 1. The predicted molar refractivity (Wildman–Crippen MR) is 82.7 cm³/mol. The van der Waals surface area contributed by atoms with E-state index in [2.05, 4.69) is 10.3 Å². The first-order valence-corrected chi connectivity index (χ1v) is 7.98. The average molecular weight is 311 g/mol. The fourth-order valence-electron chi connectivity index (χ4n) is 2.61. The van der Waals surface area contributed by atoms with Gasteiger partial charge in [-0.2, -0.15) is 16.9 Å². The molecule has 116 valence electrons. The first kappa shape index (κ1) is 15.7. The Bertz CT molecular complexity index is 561. The molecule has 1 aliphatic heterocycles. The van der Waals surface area contributed by atoms with Crippen molar-refractivity contribution < 1.29 is 10.0 Å². The Kier molecular flexibility index (Phi) is 4.46. The Morgan fingerprint density at radius 1 is 1.52 bits per heavy atom. The summed E-state index contributed by atoms with van der Waals surface area (Å²) in [6.07, 6.45) is 4.91. The van der Waals surface area contributed by atoms with Crippen LogP contribution in [-0.4, -0.2) is 55.7 Å². The molecule has 3 N–H and O–H groups in total. The second kappa shape index (κ2) is 5.97. The van der Waals surface area contributed by atoms with E-state index in [0.717, 1.165) is 5.69 Å². The van der Waals surface area contributed by atoms with Crippen LogP contribution in [0.2, 0.25) is 0 Å². The molecule has 0 spiro atoms. The monoisotopic (exact) mass is 311 g/mol. The number of nitrogens with zero attached hydrogens (tertiary/aromatic N) is 4. The first-order valence-electron chi connectivity index (χ1n) is 6.76. The van der Waals surface area contributed by atoms with Crippen molar-refractivity contribution in [2.45, 2.75) is 24.5 Å². The Balaban J connectivity index is 2.10. The van der Waals surface area contributed by atoms with Gasteiger partial charge in [0.2, 0.25) is 0 Å². The van der Waals surface area contributed by atoms with E-state index in [-0.39, 0.29) is 16.5 Å². The first-order chi connectivity index (χ1) is 9.95. The number of amidine groups is 1. The highest BCUT2D eigenvalue weighted by atomic mass is 32.2. The lowest BCUT2D eigenvalue weighted by Gasteiger charge is -2.39. The fraction of sp³-hybridized carbons (Fsp3) is 0.615. The van der Waals surface area contributed by atoms with Gasteiger partial charge in [0.25, 0.3) is 5.91 Å². The summed E-state index contributed by atoms with van der Waals surface area (Å²) in [6, 6.07) is 0. The number of aromatic nitrogens is 2. The van der Waals surface area contributed by atoms with Crippen LogP contribution in [0.25, 0.3) is 0 Å². The summed E-state index contributed by atoms with van der Waals surface area (Å²) in [7, 11) is 1.82. The number of thioether (sulfide) groups is 1. The average Bonchev–Trinajstić information content (AvgIpc) is 2.85. The second-order valence-corrected chi connectivity index (χ2v) is 6.43. The number of likely N-dealkylation sites (tertiary alicyclic amines) is 1.